The summed E-state index contributed by atoms with van der Waals surface area (Å²) < 4.78 is 15.5. The topological polar surface area (TPSA) is 160 Å². The summed E-state index contributed by atoms with van der Waals surface area (Å²) in [6.07, 6.45) is 9.65. The Morgan fingerprint density at radius 1 is 0.585 bits per heavy atom. The van der Waals surface area contributed by atoms with Gasteiger partial charge in [-0.3, -0.25) is 34.1 Å². The number of nitrogens with two attached hydrogens (primary N) is 1. The van der Waals surface area contributed by atoms with Crippen molar-refractivity contribution < 1.29 is 48.3 Å². The zero-order valence-corrected chi connectivity index (χ0v) is 59.7. The van der Waals surface area contributed by atoms with Gasteiger partial charge in [-0.1, -0.05) is 231 Å². The molecule has 4 N–H and O–H groups in total. The Balaban J connectivity index is 0. The van der Waals surface area contributed by atoms with Gasteiger partial charge in [-0.15, -0.1) is 23.5 Å². The molecule has 0 aliphatic heterocycles. The molecule has 5 aromatic carbocycles. The van der Waals surface area contributed by atoms with Crippen molar-refractivity contribution in [3.63, 3.8) is 0 Å². The van der Waals surface area contributed by atoms with Crippen molar-refractivity contribution in [1.82, 2.24) is 45.4 Å². The van der Waals surface area contributed by atoms with E-state index in [-0.39, 0.29) is 64.7 Å². The standard InChI is InChI=1S/C14H10N2S.2C13H12N2S.C13H11N2S.C7H6O.C6H8N2.C3H7NS.CH3F.4Li.2H2S/c1-2-6-11(7-3-1)14-16-13(10-17-14)12-8-4-5-9-15-12;3*16-13(11-6-2-1-3-7-11)15-10-12-8-4-5-9-14-12;8-6-7-4-2-1-3-5-7;7-5-6-3-1-2-4-8-6;1-4(2)3-5;1-2;;;;;;/h1-10H;2*1-9H,10H2,(H,15,16);1-10H,(H,15,16);1-6H;1-4H,5,7H2;3H,1-2H3;1H3;;;;;2*1H2/q;;;-1;;;;;;;2*+1;;/p-1/i;;;;;;;1D;;;;;;. The van der Waals surface area contributed by atoms with E-state index in [0.29, 0.717) is 24.7 Å². The van der Waals surface area contributed by atoms with Crippen LogP contribution >= 0.6 is 75.0 Å². The average molecular weight is 1360 g/mol. The van der Waals surface area contributed by atoms with Gasteiger partial charge in [-0.05, 0) is 54.2 Å². The molecular weight excluding hydrogens is 1280 g/mol. The molecule has 0 aliphatic rings. The first kappa shape index (κ1) is 87.6. The monoisotopic (exact) mass is 1350 g/mol. The Bertz CT molecular complexity index is 3510. The van der Waals surface area contributed by atoms with Crippen LogP contribution in [0, 0.1) is 6.54 Å². The molecule has 6 aromatic heterocycles. The third-order valence-corrected chi connectivity index (χ3v) is 13.4. The van der Waals surface area contributed by atoms with E-state index in [1.54, 1.807) is 66.5 Å². The molecule has 0 fully saturated rings. The number of rotatable bonds is 14. The number of nitrogens with one attached hydrogen (secondary N) is 2. The maximum atomic E-state index is 10.0. The van der Waals surface area contributed by atoms with Gasteiger partial charge in [0.25, 0.3) is 0 Å². The summed E-state index contributed by atoms with van der Waals surface area (Å²) in [6.45, 7) is 3.53. The molecule has 0 unspecified atom stereocenters. The van der Waals surface area contributed by atoms with Gasteiger partial charge < -0.3 is 38.9 Å². The number of alkyl halides is 1. The quantitative estimate of drug-likeness (QED) is 0.0182. The summed E-state index contributed by atoms with van der Waals surface area (Å²) in [6, 6.07) is 77.8. The Morgan fingerprint density at radius 3 is 1.31 bits per heavy atom. The molecule has 0 bridgehead atoms. The van der Waals surface area contributed by atoms with Crippen LogP contribution in [0.25, 0.3) is 22.0 Å². The van der Waals surface area contributed by atoms with E-state index < -0.39 is 7.15 Å². The molecule has 11 aromatic rings. The smallest absolute Gasteiger partial charge is 0.124 e. The van der Waals surface area contributed by atoms with Crippen molar-refractivity contribution in [2.24, 2.45) is 10.7 Å². The second-order valence-electron chi connectivity index (χ2n) is 17.7. The normalized spacial score (nSPS) is 9.23. The van der Waals surface area contributed by atoms with E-state index in [9.17, 15) is 9.18 Å². The third-order valence-electron chi connectivity index (χ3n) is 10.9. The Hall–Kier alpha value is -6.44. The molecule has 0 amide bonds. The van der Waals surface area contributed by atoms with E-state index in [1.165, 1.54) is 0 Å². The van der Waals surface area contributed by atoms with Crippen molar-refractivity contribution in [1.29, 1.82) is 0 Å². The number of halogens is 1. The van der Waals surface area contributed by atoms with Crippen LogP contribution in [0.1, 0.15) is 51.2 Å². The fraction of sp³-hybridized carbons (Fsp3) is 0.0857. The van der Waals surface area contributed by atoms with E-state index in [2.05, 4.69) is 69.9 Å². The number of benzene rings is 5. The summed E-state index contributed by atoms with van der Waals surface area (Å²) >= 11 is 25.9. The largest absolute Gasteiger partial charge is 0.839 e. The molecule has 12 nitrogen and oxygen atoms in total. The number of pyridine rings is 5. The van der Waals surface area contributed by atoms with Gasteiger partial charge in [0, 0.05) is 79.3 Å². The predicted molar refractivity (Wildman–Crippen MR) is 408 cm³/mol. The van der Waals surface area contributed by atoms with Crippen molar-refractivity contribution in [2.45, 2.75) is 19.6 Å². The first-order valence-electron chi connectivity index (χ1n) is 28.8. The predicted octanol–water partition coefficient (Wildman–Crippen LogP) is 8.15. The maximum Gasteiger partial charge on any atom is 0.124 e. The van der Waals surface area contributed by atoms with E-state index in [4.69, 9.17) is 44.2 Å². The van der Waals surface area contributed by atoms with Crippen LogP contribution in [0.5, 0.6) is 0 Å². The van der Waals surface area contributed by atoms with Crippen molar-refractivity contribution in [2.75, 3.05) is 21.2 Å². The zero-order chi connectivity index (χ0) is 65.8. The summed E-state index contributed by atoms with van der Waals surface area (Å²) in [4.78, 5) is 43.0. The van der Waals surface area contributed by atoms with Gasteiger partial charge in [0.1, 0.15) is 27.0 Å². The molecule has 0 saturated heterocycles. The van der Waals surface area contributed by atoms with E-state index >= 15 is 0 Å². The number of carbonyl (C=O) groups excluding carboxylic acids is 1. The molecule has 466 valence electrons. The molecule has 11 rings (SSSR count). The van der Waals surface area contributed by atoms with Gasteiger partial charge in [-0.2, -0.15) is 32.0 Å². The zero-order valence-electron chi connectivity index (χ0n) is 54.6. The summed E-state index contributed by atoms with van der Waals surface area (Å²) in [5.74, 6) is 0. The van der Waals surface area contributed by atoms with Crippen LogP contribution in [0.15, 0.2) is 284 Å². The second-order valence-corrected chi connectivity index (χ2v) is 19.9. The maximum absolute atomic E-state index is 10.0. The van der Waals surface area contributed by atoms with Gasteiger partial charge in [0.2, 0.25) is 0 Å². The van der Waals surface area contributed by atoms with Gasteiger partial charge in [0.15, 0.2) is 0 Å². The van der Waals surface area contributed by atoms with Crippen LogP contribution in [0.2, 0.25) is 0 Å². The number of aliphatic imine (C=N–C) groups is 1. The Kier molecular flexibility index (Phi) is 55.0. The van der Waals surface area contributed by atoms with Crippen LogP contribution in [0.3, 0.4) is 0 Å². The average Bonchev–Trinajstić information content (AvgIpc) is 1.87. The number of aromatic nitrogens is 6. The minimum atomic E-state index is -1.00. The summed E-state index contributed by atoms with van der Waals surface area (Å²) in [7, 11) is 2.79. The number of thiazole rings is 1. The number of thiocarbonyl (C=S) groups is 3. The van der Waals surface area contributed by atoms with Crippen molar-refractivity contribution in [3.05, 3.63) is 331 Å². The first-order valence-corrected chi connectivity index (χ1v) is 30.6. The minimum Gasteiger partial charge on any atom is -0.839 e. The van der Waals surface area contributed by atoms with Crippen LogP contribution in [0.4, 0.5) is 4.39 Å². The van der Waals surface area contributed by atoms with Crippen LogP contribution in [-0.4, -0.2) is 114 Å². The third kappa shape index (κ3) is 40.1. The Morgan fingerprint density at radius 2 is 0.957 bits per heavy atom. The number of hydrogen-bond donors (Lipinski definition) is 3. The van der Waals surface area contributed by atoms with Crippen LogP contribution < -0.4 is 54.1 Å². The van der Waals surface area contributed by atoms with Gasteiger partial charge in [-0.25, -0.2) is 4.98 Å². The van der Waals surface area contributed by atoms with Crippen LogP contribution in [-0.2, 0) is 32.3 Å². The van der Waals surface area contributed by atoms with E-state index in [0.717, 1.165) is 83.3 Å². The Labute approximate surface area is 636 Å². The second kappa shape index (κ2) is 59.1. The fourth-order valence-corrected chi connectivity index (χ4v) is 8.06. The number of hydrogen-bond acceptors (Lipinski definition) is 14. The molecule has 6 heterocycles. The minimum absolute atomic E-state index is 0. The molecule has 0 spiro atoms. The van der Waals surface area contributed by atoms with Crippen molar-refractivity contribution in [3.8, 4) is 22.0 Å². The molecule has 0 atom stereocenters. The number of nitrogens with zero attached hydrogens (tertiary/aromatic N) is 8. The SMILES string of the molecule is CN(C)C=S.NCc1ccccn1.O=Cc1ccccc1.S.S.S=C(NCc1ccccn1)c1ccccc1.S=C(NCc1ccccn1)c1ccccc1.[2H]CF.[Li+].[Li+].[Li][Li].[S-]C(=N[CH-]c1ccccn1)c1ccccc1.c1ccc(-c2nc(-c3ccccn3)cs2)cc1. The van der Waals surface area contributed by atoms with Gasteiger partial charge >= 0.3 is 68.5 Å². The first-order chi connectivity index (χ1) is 44.6. The van der Waals surface area contributed by atoms with Gasteiger partial charge in [0.05, 0.1) is 49.9 Å². The fourth-order valence-electron chi connectivity index (χ4n) is 6.63. The molecule has 0 aliphatic carbocycles. The number of aldehydes is 1. The molecule has 0 radical (unpaired) electrons. The summed E-state index contributed by atoms with van der Waals surface area (Å²) in [5, 5.41) is 10.0. The molecule has 0 saturated carbocycles. The summed E-state index contributed by atoms with van der Waals surface area (Å²) in [5.41, 5.74) is 17.4. The molecular formula is C70H72FLi4N11OS7. The van der Waals surface area contributed by atoms with E-state index in [1.807, 2.05) is 274 Å². The molecule has 24 heteroatoms. The molecule has 94 heavy (non-hydrogen) atoms. The number of carbonyl (C=O) groups is 1. The van der Waals surface area contributed by atoms with Crippen molar-refractivity contribution >= 4 is 145 Å².